The predicted molar refractivity (Wildman–Crippen MR) is 81.6 cm³/mol. The second kappa shape index (κ2) is 8.04. The molecule has 3 heteroatoms. The van der Waals surface area contributed by atoms with Crippen molar-refractivity contribution in [2.24, 2.45) is 5.92 Å². The number of hydrogen-bond donors (Lipinski definition) is 1. The summed E-state index contributed by atoms with van der Waals surface area (Å²) < 4.78 is 0. The molecule has 0 saturated heterocycles. The zero-order valence-electron chi connectivity index (χ0n) is 11.5. The molecule has 1 unspecified atom stereocenters. The molecule has 1 nitrogen and oxygen atoms in total. The van der Waals surface area contributed by atoms with Crippen molar-refractivity contribution in [2.75, 3.05) is 6.54 Å². The third-order valence-corrected chi connectivity index (χ3v) is 3.66. The minimum Gasteiger partial charge on any atom is -0.310 e. The average molecular weight is 288 g/mol. The highest BCUT2D eigenvalue weighted by atomic mass is 35.5. The van der Waals surface area contributed by atoms with E-state index in [1.54, 1.807) is 0 Å². The second-order valence-corrected chi connectivity index (χ2v) is 5.96. The van der Waals surface area contributed by atoms with E-state index in [1.807, 2.05) is 18.2 Å². The van der Waals surface area contributed by atoms with E-state index in [9.17, 15) is 0 Å². The molecule has 0 aliphatic heterocycles. The Balaban J connectivity index is 2.54. The van der Waals surface area contributed by atoms with Crippen molar-refractivity contribution in [3.8, 4) is 0 Å². The van der Waals surface area contributed by atoms with Gasteiger partial charge in [-0.25, -0.2) is 0 Å². The maximum atomic E-state index is 6.24. The fourth-order valence-electron chi connectivity index (χ4n) is 2.04. The van der Waals surface area contributed by atoms with Gasteiger partial charge in [0.1, 0.15) is 0 Å². The van der Waals surface area contributed by atoms with E-state index >= 15 is 0 Å². The monoisotopic (exact) mass is 287 g/mol. The van der Waals surface area contributed by atoms with E-state index in [0.29, 0.717) is 11.1 Å². The molecule has 102 valence electrons. The van der Waals surface area contributed by atoms with Crippen LogP contribution < -0.4 is 5.32 Å². The summed E-state index contributed by atoms with van der Waals surface area (Å²) in [5.74, 6) is 0.769. The minimum atomic E-state index is 0.321. The lowest BCUT2D eigenvalue weighted by atomic mass is 10.0. The van der Waals surface area contributed by atoms with Gasteiger partial charge < -0.3 is 5.32 Å². The fourth-order valence-corrected chi connectivity index (χ4v) is 2.59. The first-order chi connectivity index (χ1) is 8.54. The van der Waals surface area contributed by atoms with Crippen LogP contribution in [0.4, 0.5) is 0 Å². The fraction of sp³-hybridized carbons (Fsp3) is 0.600. The molecule has 0 aliphatic carbocycles. The van der Waals surface area contributed by atoms with Crippen LogP contribution in [0.1, 0.15) is 51.6 Å². The zero-order chi connectivity index (χ0) is 13.5. The first-order valence-electron chi connectivity index (χ1n) is 6.73. The van der Waals surface area contributed by atoms with E-state index in [-0.39, 0.29) is 0 Å². The maximum absolute atomic E-state index is 6.24. The Morgan fingerprint density at radius 1 is 1.22 bits per heavy atom. The summed E-state index contributed by atoms with van der Waals surface area (Å²) in [6.45, 7) is 7.72. The highest BCUT2D eigenvalue weighted by Gasteiger charge is 2.12. The van der Waals surface area contributed by atoms with E-state index in [4.69, 9.17) is 23.2 Å². The number of benzene rings is 1. The topological polar surface area (TPSA) is 12.0 Å². The lowest BCUT2D eigenvalue weighted by molar-refractivity contribution is 0.474. The van der Waals surface area contributed by atoms with E-state index in [2.05, 4.69) is 26.1 Å². The minimum absolute atomic E-state index is 0.321. The first kappa shape index (κ1) is 15.8. The number of hydrogen-bond acceptors (Lipinski definition) is 1. The molecule has 0 saturated carbocycles. The van der Waals surface area contributed by atoms with Gasteiger partial charge in [0.25, 0.3) is 0 Å². The molecule has 18 heavy (non-hydrogen) atoms. The van der Waals surface area contributed by atoms with E-state index in [1.165, 1.54) is 12.8 Å². The molecule has 0 aromatic heterocycles. The molecule has 0 amide bonds. The normalized spacial score (nSPS) is 13.0. The van der Waals surface area contributed by atoms with Gasteiger partial charge in [-0.15, -0.1) is 0 Å². The SMILES string of the molecule is CCC(NCCCC(C)C)c1ccc(Cl)cc1Cl. The van der Waals surface area contributed by atoms with Crippen molar-refractivity contribution in [1.29, 1.82) is 0 Å². The standard InChI is InChI=1S/C15H23Cl2N/c1-4-15(18-9-5-6-11(2)3)13-8-7-12(16)10-14(13)17/h7-8,10-11,15,18H,4-6,9H2,1-3H3. The van der Waals surface area contributed by atoms with Gasteiger partial charge in [-0.1, -0.05) is 50.0 Å². The molecule has 0 heterocycles. The van der Waals surface area contributed by atoms with Crippen LogP contribution >= 0.6 is 23.2 Å². The molecule has 1 aromatic carbocycles. The van der Waals surface area contributed by atoms with Gasteiger partial charge in [-0.2, -0.15) is 0 Å². The van der Waals surface area contributed by atoms with Crippen LogP contribution in [0.25, 0.3) is 0 Å². The van der Waals surface area contributed by atoms with Gasteiger partial charge >= 0.3 is 0 Å². The van der Waals surface area contributed by atoms with Crippen LogP contribution in [0.5, 0.6) is 0 Å². The molecule has 0 bridgehead atoms. The van der Waals surface area contributed by atoms with Gasteiger partial charge in [-0.05, 0) is 49.4 Å². The Labute approximate surface area is 121 Å². The van der Waals surface area contributed by atoms with Gasteiger partial charge in [0, 0.05) is 16.1 Å². The predicted octanol–water partition coefficient (Wildman–Crippen LogP) is 5.47. The summed E-state index contributed by atoms with van der Waals surface area (Å²) >= 11 is 12.2. The van der Waals surface area contributed by atoms with Crippen molar-refractivity contribution in [3.63, 3.8) is 0 Å². The molecule has 0 fully saturated rings. The summed E-state index contributed by atoms with van der Waals surface area (Å²) in [6.07, 6.45) is 3.50. The van der Waals surface area contributed by atoms with Crippen LogP contribution in [0.15, 0.2) is 18.2 Å². The summed E-state index contributed by atoms with van der Waals surface area (Å²) in [6, 6.07) is 6.06. The van der Waals surface area contributed by atoms with Gasteiger partial charge in [-0.3, -0.25) is 0 Å². The Morgan fingerprint density at radius 3 is 2.50 bits per heavy atom. The number of halogens is 2. The average Bonchev–Trinajstić information content (AvgIpc) is 2.30. The first-order valence-corrected chi connectivity index (χ1v) is 7.48. The Kier molecular flexibility index (Phi) is 7.06. The highest BCUT2D eigenvalue weighted by molar-refractivity contribution is 6.35. The molecule has 0 aliphatic rings. The molecule has 1 rings (SSSR count). The van der Waals surface area contributed by atoms with Crippen molar-refractivity contribution < 1.29 is 0 Å². The van der Waals surface area contributed by atoms with Gasteiger partial charge in [0.15, 0.2) is 0 Å². The summed E-state index contributed by atoms with van der Waals surface area (Å²) in [7, 11) is 0. The van der Waals surface area contributed by atoms with Crippen LogP contribution in [0, 0.1) is 5.92 Å². The van der Waals surface area contributed by atoms with Crippen molar-refractivity contribution in [2.45, 2.75) is 46.1 Å². The molecular formula is C15H23Cl2N. The van der Waals surface area contributed by atoms with Crippen LogP contribution in [-0.4, -0.2) is 6.54 Å². The third kappa shape index (κ3) is 5.17. The van der Waals surface area contributed by atoms with Crippen molar-refractivity contribution in [1.82, 2.24) is 5.32 Å². The lowest BCUT2D eigenvalue weighted by Crippen LogP contribution is -2.22. The molecule has 1 aromatic rings. The van der Waals surface area contributed by atoms with Crippen molar-refractivity contribution in [3.05, 3.63) is 33.8 Å². The largest absolute Gasteiger partial charge is 0.310 e. The quantitative estimate of drug-likeness (QED) is 0.656. The smallest absolute Gasteiger partial charge is 0.0468 e. The molecule has 0 spiro atoms. The molecule has 0 radical (unpaired) electrons. The number of nitrogens with one attached hydrogen (secondary N) is 1. The number of rotatable bonds is 7. The third-order valence-electron chi connectivity index (χ3n) is 3.10. The van der Waals surface area contributed by atoms with E-state index < -0.39 is 0 Å². The molecule has 1 atom stereocenters. The van der Waals surface area contributed by atoms with Gasteiger partial charge in [0.2, 0.25) is 0 Å². The second-order valence-electron chi connectivity index (χ2n) is 5.12. The lowest BCUT2D eigenvalue weighted by Gasteiger charge is -2.19. The summed E-state index contributed by atoms with van der Waals surface area (Å²) in [5.41, 5.74) is 1.15. The van der Waals surface area contributed by atoms with Crippen molar-refractivity contribution >= 4 is 23.2 Å². The highest BCUT2D eigenvalue weighted by Crippen LogP contribution is 2.28. The van der Waals surface area contributed by atoms with E-state index in [0.717, 1.165) is 29.5 Å². The van der Waals surface area contributed by atoms with Crippen LogP contribution in [0.2, 0.25) is 10.0 Å². The van der Waals surface area contributed by atoms with Crippen LogP contribution in [-0.2, 0) is 0 Å². The zero-order valence-corrected chi connectivity index (χ0v) is 13.0. The Bertz CT molecular complexity index is 364. The summed E-state index contributed by atoms with van der Waals surface area (Å²) in [4.78, 5) is 0. The van der Waals surface area contributed by atoms with Crippen LogP contribution in [0.3, 0.4) is 0 Å². The maximum Gasteiger partial charge on any atom is 0.0468 e. The van der Waals surface area contributed by atoms with Gasteiger partial charge in [0.05, 0.1) is 0 Å². The molecular weight excluding hydrogens is 265 g/mol. The Morgan fingerprint density at radius 2 is 1.94 bits per heavy atom. The Hall–Kier alpha value is -0.240. The summed E-state index contributed by atoms with van der Waals surface area (Å²) in [5, 5.41) is 5.02. The molecule has 1 N–H and O–H groups in total.